The number of esters is 3. The van der Waals surface area contributed by atoms with Crippen LogP contribution in [0.3, 0.4) is 0 Å². The van der Waals surface area contributed by atoms with E-state index in [1.165, 1.54) is 135 Å². The summed E-state index contributed by atoms with van der Waals surface area (Å²) < 4.78 is 16.7. The number of ether oxygens (including phenoxy) is 3. The van der Waals surface area contributed by atoms with E-state index in [0.717, 1.165) is 64.2 Å². The molecule has 1 atom stereocenters. The van der Waals surface area contributed by atoms with Crippen LogP contribution in [-0.4, -0.2) is 37.2 Å². The van der Waals surface area contributed by atoms with Gasteiger partial charge in [0.2, 0.25) is 0 Å². The van der Waals surface area contributed by atoms with Crippen LogP contribution < -0.4 is 0 Å². The molecule has 0 rings (SSSR count). The summed E-state index contributed by atoms with van der Waals surface area (Å²) in [7, 11) is 0. The summed E-state index contributed by atoms with van der Waals surface area (Å²) in [5.41, 5.74) is 0. The molecular weight excluding hydrogens is 721 g/mol. The second-order valence-corrected chi connectivity index (χ2v) is 16.4. The largest absolute Gasteiger partial charge is 0.462 e. The normalized spacial score (nSPS) is 12.4. The zero-order chi connectivity index (χ0) is 42.3. The van der Waals surface area contributed by atoms with Crippen molar-refractivity contribution in [3.05, 3.63) is 48.6 Å². The first kappa shape index (κ1) is 55.4. The molecular formula is C52H92O6. The maximum Gasteiger partial charge on any atom is 0.306 e. The van der Waals surface area contributed by atoms with Crippen LogP contribution in [0, 0.1) is 0 Å². The molecule has 0 amide bonds. The zero-order valence-corrected chi connectivity index (χ0v) is 38.3. The van der Waals surface area contributed by atoms with Crippen molar-refractivity contribution >= 4 is 17.9 Å². The fraction of sp³-hybridized carbons (Fsp3) is 0.788. The second kappa shape index (κ2) is 47.1. The summed E-state index contributed by atoms with van der Waals surface area (Å²) in [5.74, 6) is -0.941. The van der Waals surface area contributed by atoms with E-state index in [1.54, 1.807) is 0 Å². The van der Waals surface area contributed by atoms with Gasteiger partial charge < -0.3 is 14.2 Å². The molecule has 0 heterocycles. The van der Waals surface area contributed by atoms with Crippen LogP contribution in [0.1, 0.15) is 245 Å². The van der Waals surface area contributed by atoms with E-state index >= 15 is 0 Å². The van der Waals surface area contributed by atoms with Crippen LogP contribution in [0.5, 0.6) is 0 Å². The number of carbonyl (C=O) groups is 3. The van der Waals surface area contributed by atoms with Gasteiger partial charge in [-0.3, -0.25) is 14.4 Å². The molecule has 0 saturated carbocycles. The van der Waals surface area contributed by atoms with Gasteiger partial charge in [0.25, 0.3) is 0 Å². The third-order valence-electron chi connectivity index (χ3n) is 10.6. The van der Waals surface area contributed by atoms with Gasteiger partial charge in [0.05, 0.1) is 0 Å². The van der Waals surface area contributed by atoms with E-state index in [2.05, 4.69) is 69.4 Å². The SMILES string of the molecule is CCCCC/C=C\C/C=C\C/C=C\C/C=C\CCCC(=O)OCC(COC(=O)CCCCCCCCCCCCC)OC(=O)CCCCCCCCCCCCCC. The quantitative estimate of drug-likeness (QED) is 0.0264. The van der Waals surface area contributed by atoms with Crippen molar-refractivity contribution in [3.8, 4) is 0 Å². The monoisotopic (exact) mass is 813 g/mol. The van der Waals surface area contributed by atoms with Gasteiger partial charge in [0, 0.05) is 19.3 Å². The molecule has 0 aliphatic carbocycles. The maximum absolute atomic E-state index is 12.7. The molecule has 6 heteroatoms. The van der Waals surface area contributed by atoms with E-state index in [1.807, 2.05) is 0 Å². The highest BCUT2D eigenvalue weighted by Gasteiger charge is 2.19. The Morgan fingerprint density at radius 2 is 0.638 bits per heavy atom. The number of hydrogen-bond acceptors (Lipinski definition) is 6. The van der Waals surface area contributed by atoms with Gasteiger partial charge >= 0.3 is 17.9 Å². The minimum absolute atomic E-state index is 0.0868. The molecule has 0 fully saturated rings. The Balaban J connectivity index is 4.43. The Hall–Kier alpha value is -2.63. The van der Waals surface area contributed by atoms with Gasteiger partial charge in [-0.05, 0) is 57.8 Å². The first-order valence-corrected chi connectivity index (χ1v) is 24.6. The Labute approximate surface area is 358 Å². The molecule has 0 radical (unpaired) electrons. The first-order chi connectivity index (χ1) is 28.5. The van der Waals surface area contributed by atoms with Crippen molar-refractivity contribution in [2.75, 3.05) is 13.2 Å². The molecule has 336 valence electrons. The van der Waals surface area contributed by atoms with E-state index in [4.69, 9.17) is 14.2 Å². The van der Waals surface area contributed by atoms with E-state index in [9.17, 15) is 14.4 Å². The lowest BCUT2D eigenvalue weighted by Gasteiger charge is -2.18. The van der Waals surface area contributed by atoms with Crippen LogP contribution in [0.15, 0.2) is 48.6 Å². The number of unbranched alkanes of at least 4 members (excludes halogenated alkanes) is 25. The molecule has 0 aliphatic heterocycles. The highest BCUT2D eigenvalue weighted by molar-refractivity contribution is 5.71. The topological polar surface area (TPSA) is 78.9 Å². The predicted molar refractivity (Wildman–Crippen MR) is 247 cm³/mol. The molecule has 58 heavy (non-hydrogen) atoms. The predicted octanol–water partition coefficient (Wildman–Crippen LogP) is 15.9. The smallest absolute Gasteiger partial charge is 0.306 e. The summed E-state index contributed by atoms with van der Waals surface area (Å²) in [6.45, 7) is 6.56. The first-order valence-electron chi connectivity index (χ1n) is 24.6. The Morgan fingerprint density at radius 1 is 0.345 bits per heavy atom. The van der Waals surface area contributed by atoms with Gasteiger partial charge in [-0.25, -0.2) is 0 Å². The van der Waals surface area contributed by atoms with Crippen molar-refractivity contribution in [2.45, 2.75) is 252 Å². The van der Waals surface area contributed by atoms with Gasteiger partial charge in [-0.1, -0.05) is 217 Å². The van der Waals surface area contributed by atoms with E-state index in [-0.39, 0.29) is 37.5 Å². The average molecular weight is 813 g/mol. The molecule has 0 aromatic heterocycles. The standard InChI is InChI=1S/C52H92O6/c1-4-7-10-13-16-19-22-24-25-26-27-28-31-33-36-39-42-45-51(54)57-48-49(47-56-50(53)44-41-38-35-32-29-21-18-15-12-9-6-3)58-52(55)46-43-40-37-34-30-23-20-17-14-11-8-5-2/h16,19,24-25,27-28,33,36,49H,4-15,17-18,20-23,26,29-32,34-35,37-48H2,1-3H3/b19-16-,25-24-,28-27-,36-33-. The van der Waals surface area contributed by atoms with Crippen molar-refractivity contribution in [2.24, 2.45) is 0 Å². The fourth-order valence-electron chi connectivity index (χ4n) is 6.85. The maximum atomic E-state index is 12.7. The number of allylic oxidation sites excluding steroid dienone is 8. The lowest BCUT2D eigenvalue weighted by Crippen LogP contribution is -2.30. The average Bonchev–Trinajstić information content (AvgIpc) is 3.22. The van der Waals surface area contributed by atoms with Gasteiger partial charge in [0.1, 0.15) is 13.2 Å². The molecule has 0 N–H and O–H groups in total. The lowest BCUT2D eigenvalue weighted by atomic mass is 10.0. The molecule has 0 aromatic carbocycles. The summed E-state index contributed by atoms with van der Waals surface area (Å²) in [4.78, 5) is 37.8. The van der Waals surface area contributed by atoms with Crippen molar-refractivity contribution in [3.63, 3.8) is 0 Å². The summed E-state index contributed by atoms with van der Waals surface area (Å²) in [5, 5.41) is 0. The molecule has 0 aromatic rings. The van der Waals surface area contributed by atoms with Gasteiger partial charge in [-0.2, -0.15) is 0 Å². The van der Waals surface area contributed by atoms with E-state index < -0.39 is 6.10 Å². The van der Waals surface area contributed by atoms with Crippen molar-refractivity contribution in [1.82, 2.24) is 0 Å². The number of carbonyl (C=O) groups excluding carboxylic acids is 3. The number of rotatable bonds is 44. The second-order valence-electron chi connectivity index (χ2n) is 16.4. The minimum Gasteiger partial charge on any atom is -0.462 e. The van der Waals surface area contributed by atoms with Crippen LogP contribution in [0.25, 0.3) is 0 Å². The Morgan fingerprint density at radius 3 is 1.03 bits per heavy atom. The van der Waals surface area contributed by atoms with Crippen molar-refractivity contribution < 1.29 is 28.6 Å². The Kier molecular flexibility index (Phi) is 44.9. The van der Waals surface area contributed by atoms with E-state index in [0.29, 0.717) is 19.3 Å². The highest BCUT2D eigenvalue weighted by atomic mass is 16.6. The molecule has 6 nitrogen and oxygen atoms in total. The van der Waals surface area contributed by atoms with Crippen molar-refractivity contribution in [1.29, 1.82) is 0 Å². The zero-order valence-electron chi connectivity index (χ0n) is 38.3. The molecule has 0 spiro atoms. The fourth-order valence-corrected chi connectivity index (χ4v) is 6.85. The summed E-state index contributed by atoms with van der Waals surface area (Å²) in [6.07, 6.45) is 55.2. The molecule has 0 bridgehead atoms. The highest BCUT2D eigenvalue weighted by Crippen LogP contribution is 2.15. The number of hydrogen-bond donors (Lipinski definition) is 0. The van der Waals surface area contributed by atoms with Crippen LogP contribution in [0.2, 0.25) is 0 Å². The van der Waals surface area contributed by atoms with Crippen LogP contribution in [0.4, 0.5) is 0 Å². The molecule has 0 aliphatic rings. The third kappa shape index (κ3) is 44.5. The van der Waals surface area contributed by atoms with Gasteiger partial charge in [-0.15, -0.1) is 0 Å². The lowest BCUT2D eigenvalue weighted by molar-refractivity contribution is -0.167. The van der Waals surface area contributed by atoms with Gasteiger partial charge in [0.15, 0.2) is 6.10 Å². The molecule has 0 saturated heterocycles. The minimum atomic E-state index is -0.788. The summed E-state index contributed by atoms with van der Waals surface area (Å²) >= 11 is 0. The Bertz CT molecular complexity index is 1030. The summed E-state index contributed by atoms with van der Waals surface area (Å²) in [6, 6.07) is 0. The van der Waals surface area contributed by atoms with Crippen LogP contribution >= 0.6 is 0 Å². The third-order valence-corrected chi connectivity index (χ3v) is 10.6. The van der Waals surface area contributed by atoms with Crippen LogP contribution in [-0.2, 0) is 28.6 Å². The molecule has 1 unspecified atom stereocenters.